The third-order valence-electron chi connectivity index (χ3n) is 3.63. The molecule has 0 aliphatic heterocycles. The van der Waals surface area contributed by atoms with Crippen LogP contribution in [0.1, 0.15) is 46.0 Å². The van der Waals surface area contributed by atoms with E-state index in [4.69, 9.17) is 4.74 Å². The van der Waals surface area contributed by atoms with Crippen molar-refractivity contribution in [2.24, 2.45) is 5.92 Å². The Morgan fingerprint density at radius 1 is 1.52 bits per heavy atom. The van der Waals surface area contributed by atoms with Crippen LogP contribution < -0.4 is 10.1 Å². The highest BCUT2D eigenvalue weighted by Crippen LogP contribution is 2.31. The molecule has 1 aromatic rings. The normalized spacial score (nSPS) is 21.8. The van der Waals surface area contributed by atoms with Crippen LogP contribution in [-0.4, -0.2) is 27.5 Å². The summed E-state index contributed by atoms with van der Waals surface area (Å²) in [4.78, 5) is 18.7. The van der Waals surface area contributed by atoms with Crippen molar-refractivity contribution in [2.75, 3.05) is 11.9 Å². The monoisotopic (exact) mass is 294 g/mol. The maximum atomic E-state index is 11.1. The smallest absolute Gasteiger partial charge is 0.349 e. The molecule has 21 heavy (non-hydrogen) atoms. The van der Waals surface area contributed by atoms with Crippen molar-refractivity contribution in [3.05, 3.63) is 16.3 Å². The van der Waals surface area contributed by atoms with Gasteiger partial charge in [-0.2, -0.15) is 4.98 Å². The van der Waals surface area contributed by atoms with Crippen molar-refractivity contribution in [1.29, 1.82) is 0 Å². The van der Waals surface area contributed by atoms with E-state index in [0.717, 1.165) is 32.2 Å². The summed E-state index contributed by atoms with van der Waals surface area (Å²) in [7, 11) is 0. The summed E-state index contributed by atoms with van der Waals surface area (Å²) in [6.07, 6.45) is 6.26. The molecule has 1 aliphatic rings. The highest BCUT2D eigenvalue weighted by atomic mass is 16.6. The molecule has 1 fully saturated rings. The molecule has 2 rings (SSSR count). The lowest BCUT2D eigenvalue weighted by atomic mass is 9.89. The third kappa shape index (κ3) is 4.27. The van der Waals surface area contributed by atoms with Crippen LogP contribution >= 0.6 is 0 Å². The van der Waals surface area contributed by atoms with Crippen molar-refractivity contribution < 1.29 is 9.66 Å². The molecule has 2 atom stereocenters. The second kappa shape index (κ2) is 7.19. The van der Waals surface area contributed by atoms with E-state index in [1.54, 1.807) is 0 Å². The first-order chi connectivity index (χ1) is 10.1. The third-order valence-corrected chi connectivity index (χ3v) is 3.63. The Kier molecular flexibility index (Phi) is 5.30. The Morgan fingerprint density at radius 2 is 2.33 bits per heavy atom. The fourth-order valence-corrected chi connectivity index (χ4v) is 2.54. The largest absolute Gasteiger partial charge is 0.469 e. The van der Waals surface area contributed by atoms with Crippen LogP contribution in [0.4, 0.5) is 11.6 Å². The van der Waals surface area contributed by atoms with Crippen molar-refractivity contribution >= 4 is 11.6 Å². The van der Waals surface area contributed by atoms with Crippen LogP contribution in [0.5, 0.6) is 5.88 Å². The lowest BCUT2D eigenvalue weighted by Gasteiger charge is -2.26. The predicted molar refractivity (Wildman–Crippen MR) is 79.5 cm³/mol. The molecule has 0 aromatic carbocycles. The minimum Gasteiger partial charge on any atom is -0.469 e. The SMILES string of the molecule is CCCNc1ncc([N+](=O)[O-])c(OC2CCCC(C)C2)n1. The zero-order valence-corrected chi connectivity index (χ0v) is 12.5. The second-order valence-corrected chi connectivity index (χ2v) is 5.58. The Bertz CT molecular complexity index is 495. The van der Waals surface area contributed by atoms with Gasteiger partial charge in [0, 0.05) is 6.54 Å². The van der Waals surface area contributed by atoms with Crippen LogP contribution in [0.2, 0.25) is 0 Å². The first kappa shape index (κ1) is 15.5. The number of hydrogen-bond acceptors (Lipinski definition) is 6. The van der Waals surface area contributed by atoms with Gasteiger partial charge in [0.2, 0.25) is 5.95 Å². The Labute approximate surface area is 124 Å². The number of aromatic nitrogens is 2. The molecule has 0 spiro atoms. The van der Waals surface area contributed by atoms with Gasteiger partial charge in [0.25, 0.3) is 5.88 Å². The van der Waals surface area contributed by atoms with Gasteiger partial charge in [0.1, 0.15) is 12.3 Å². The molecule has 1 heterocycles. The van der Waals surface area contributed by atoms with Crippen LogP contribution in [0.15, 0.2) is 6.20 Å². The molecule has 0 bridgehead atoms. The highest BCUT2D eigenvalue weighted by Gasteiger charge is 2.25. The molecular weight excluding hydrogens is 272 g/mol. The maximum absolute atomic E-state index is 11.1. The van der Waals surface area contributed by atoms with E-state index in [0.29, 0.717) is 11.9 Å². The van der Waals surface area contributed by atoms with E-state index in [-0.39, 0.29) is 17.7 Å². The first-order valence-electron chi connectivity index (χ1n) is 7.52. The van der Waals surface area contributed by atoms with E-state index in [9.17, 15) is 10.1 Å². The zero-order valence-electron chi connectivity index (χ0n) is 12.5. The topological polar surface area (TPSA) is 90.2 Å². The number of nitro groups is 1. The number of ether oxygens (including phenoxy) is 1. The van der Waals surface area contributed by atoms with Crippen molar-refractivity contribution in [3.63, 3.8) is 0 Å². The molecule has 1 saturated carbocycles. The standard InChI is InChI=1S/C14H22N4O3/c1-3-7-15-14-16-9-12(18(19)20)13(17-14)21-11-6-4-5-10(2)8-11/h9-11H,3-8H2,1-2H3,(H,15,16,17). The Balaban J connectivity index is 2.15. The lowest BCUT2D eigenvalue weighted by Crippen LogP contribution is -2.25. The van der Waals surface area contributed by atoms with E-state index in [1.807, 2.05) is 6.92 Å². The molecule has 1 aromatic heterocycles. The first-order valence-corrected chi connectivity index (χ1v) is 7.52. The van der Waals surface area contributed by atoms with Crippen LogP contribution in [0, 0.1) is 16.0 Å². The van der Waals surface area contributed by atoms with E-state index in [2.05, 4.69) is 22.2 Å². The van der Waals surface area contributed by atoms with Gasteiger partial charge in [-0.05, 0) is 31.6 Å². The predicted octanol–water partition coefficient (Wildman–Crippen LogP) is 3.16. The quantitative estimate of drug-likeness (QED) is 0.640. The molecule has 1 N–H and O–H groups in total. The number of nitrogens with zero attached hydrogens (tertiary/aromatic N) is 3. The van der Waals surface area contributed by atoms with Gasteiger partial charge in [0.15, 0.2) is 0 Å². The summed E-state index contributed by atoms with van der Waals surface area (Å²) >= 11 is 0. The molecule has 0 radical (unpaired) electrons. The zero-order chi connectivity index (χ0) is 15.2. The molecule has 0 saturated heterocycles. The van der Waals surface area contributed by atoms with Crippen LogP contribution in [0.3, 0.4) is 0 Å². The summed E-state index contributed by atoms with van der Waals surface area (Å²) in [6, 6.07) is 0. The lowest BCUT2D eigenvalue weighted by molar-refractivity contribution is -0.386. The van der Waals surface area contributed by atoms with Gasteiger partial charge in [-0.15, -0.1) is 0 Å². The van der Waals surface area contributed by atoms with Crippen LogP contribution in [-0.2, 0) is 0 Å². The Morgan fingerprint density at radius 3 is 3.00 bits per heavy atom. The molecule has 1 aliphatic carbocycles. The van der Waals surface area contributed by atoms with Crippen molar-refractivity contribution in [3.8, 4) is 5.88 Å². The van der Waals surface area contributed by atoms with Crippen molar-refractivity contribution in [1.82, 2.24) is 9.97 Å². The minimum absolute atomic E-state index is 0.00127. The van der Waals surface area contributed by atoms with Gasteiger partial charge in [-0.1, -0.05) is 20.3 Å². The van der Waals surface area contributed by atoms with Gasteiger partial charge in [0.05, 0.1) is 4.92 Å². The molecule has 7 nitrogen and oxygen atoms in total. The van der Waals surface area contributed by atoms with Gasteiger partial charge >= 0.3 is 5.69 Å². The summed E-state index contributed by atoms with van der Waals surface area (Å²) in [5, 5.41) is 14.1. The van der Waals surface area contributed by atoms with E-state index in [1.165, 1.54) is 12.6 Å². The number of rotatable bonds is 6. The molecule has 0 amide bonds. The summed E-state index contributed by atoms with van der Waals surface area (Å²) in [5.74, 6) is 1.04. The second-order valence-electron chi connectivity index (χ2n) is 5.58. The minimum atomic E-state index is -0.495. The molecule has 2 unspecified atom stereocenters. The maximum Gasteiger partial charge on any atom is 0.349 e. The van der Waals surface area contributed by atoms with Gasteiger partial charge < -0.3 is 10.1 Å². The Hall–Kier alpha value is -1.92. The van der Waals surface area contributed by atoms with Crippen LogP contribution in [0.25, 0.3) is 0 Å². The molecular formula is C14H22N4O3. The number of anilines is 1. The summed E-state index contributed by atoms with van der Waals surface area (Å²) in [5.41, 5.74) is -0.171. The van der Waals surface area contributed by atoms with E-state index >= 15 is 0 Å². The highest BCUT2D eigenvalue weighted by molar-refractivity contribution is 5.43. The molecule has 7 heteroatoms. The summed E-state index contributed by atoms with van der Waals surface area (Å²) in [6.45, 7) is 4.93. The fraction of sp³-hybridized carbons (Fsp3) is 0.714. The average Bonchev–Trinajstić information content (AvgIpc) is 2.45. The van der Waals surface area contributed by atoms with Gasteiger partial charge in [-0.25, -0.2) is 4.98 Å². The summed E-state index contributed by atoms with van der Waals surface area (Å²) < 4.78 is 5.81. The average molecular weight is 294 g/mol. The number of hydrogen-bond donors (Lipinski definition) is 1. The fourth-order valence-electron chi connectivity index (χ4n) is 2.54. The van der Waals surface area contributed by atoms with Gasteiger partial charge in [-0.3, -0.25) is 10.1 Å². The molecule has 116 valence electrons. The van der Waals surface area contributed by atoms with E-state index < -0.39 is 4.92 Å². The van der Waals surface area contributed by atoms with Crippen molar-refractivity contribution in [2.45, 2.75) is 52.1 Å². The number of nitrogens with one attached hydrogen (secondary N) is 1.